The van der Waals surface area contributed by atoms with Crippen LogP contribution in [0.4, 0.5) is 0 Å². The molecule has 1 aromatic rings. The van der Waals surface area contributed by atoms with E-state index < -0.39 is 0 Å². The summed E-state index contributed by atoms with van der Waals surface area (Å²) < 4.78 is 0. The first-order chi connectivity index (χ1) is 8.95. The minimum atomic E-state index is 0. The SMILES string of the molecule is CC(C)(C)c1csc(CN=C(N)NC2CCCC2)n1.I. The van der Waals surface area contributed by atoms with Gasteiger partial charge in [-0.05, 0) is 12.8 Å². The quantitative estimate of drug-likeness (QED) is 0.458. The highest BCUT2D eigenvalue weighted by Gasteiger charge is 2.17. The number of thiazole rings is 1. The lowest BCUT2D eigenvalue weighted by molar-refractivity contribution is 0.571. The fraction of sp³-hybridized carbons (Fsp3) is 0.714. The summed E-state index contributed by atoms with van der Waals surface area (Å²) in [6, 6.07) is 0.519. The summed E-state index contributed by atoms with van der Waals surface area (Å²) in [7, 11) is 0. The van der Waals surface area contributed by atoms with E-state index in [2.05, 4.69) is 41.4 Å². The first-order valence-corrected chi connectivity index (χ1v) is 7.84. The summed E-state index contributed by atoms with van der Waals surface area (Å²) in [4.78, 5) is 9.00. The van der Waals surface area contributed by atoms with Crippen LogP contribution in [0.5, 0.6) is 0 Å². The zero-order valence-corrected chi connectivity index (χ0v) is 15.6. The summed E-state index contributed by atoms with van der Waals surface area (Å²) in [6.45, 7) is 7.09. The molecule has 6 heteroatoms. The third-order valence-corrected chi connectivity index (χ3v) is 4.25. The van der Waals surface area contributed by atoms with Crippen molar-refractivity contribution in [1.29, 1.82) is 0 Å². The third kappa shape index (κ3) is 5.20. The number of nitrogens with two attached hydrogens (primary N) is 1. The van der Waals surface area contributed by atoms with Gasteiger partial charge in [-0.25, -0.2) is 9.98 Å². The van der Waals surface area contributed by atoms with E-state index >= 15 is 0 Å². The van der Waals surface area contributed by atoms with Crippen LogP contribution in [0.3, 0.4) is 0 Å². The van der Waals surface area contributed by atoms with Crippen molar-refractivity contribution in [3.8, 4) is 0 Å². The molecule has 0 bridgehead atoms. The number of hydrogen-bond donors (Lipinski definition) is 2. The van der Waals surface area contributed by atoms with Crippen molar-refractivity contribution in [2.75, 3.05) is 0 Å². The molecular weight excluding hydrogens is 383 g/mol. The van der Waals surface area contributed by atoms with Crippen molar-refractivity contribution in [2.45, 2.75) is 64.5 Å². The van der Waals surface area contributed by atoms with Crippen LogP contribution in [-0.2, 0) is 12.0 Å². The number of guanidine groups is 1. The lowest BCUT2D eigenvalue weighted by Gasteiger charge is -2.14. The molecule has 0 saturated heterocycles. The maximum atomic E-state index is 5.91. The van der Waals surface area contributed by atoms with Crippen LogP contribution in [0.1, 0.15) is 57.2 Å². The van der Waals surface area contributed by atoms with Gasteiger partial charge in [0.25, 0.3) is 0 Å². The summed E-state index contributed by atoms with van der Waals surface area (Å²) in [6.07, 6.45) is 5.02. The van der Waals surface area contributed by atoms with E-state index in [-0.39, 0.29) is 29.4 Å². The molecule has 1 fully saturated rings. The largest absolute Gasteiger partial charge is 0.370 e. The molecule has 1 aromatic heterocycles. The van der Waals surface area contributed by atoms with E-state index in [9.17, 15) is 0 Å². The van der Waals surface area contributed by atoms with Gasteiger partial charge in [0.15, 0.2) is 5.96 Å². The molecule has 4 nitrogen and oxygen atoms in total. The van der Waals surface area contributed by atoms with Crippen LogP contribution in [0.2, 0.25) is 0 Å². The van der Waals surface area contributed by atoms with Gasteiger partial charge < -0.3 is 11.1 Å². The molecule has 1 heterocycles. The summed E-state index contributed by atoms with van der Waals surface area (Å²) in [5.74, 6) is 0.555. The van der Waals surface area contributed by atoms with Crippen LogP contribution in [0.25, 0.3) is 0 Å². The van der Waals surface area contributed by atoms with Crippen molar-refractivity contribution >= 4 is 41.3 Å². The number of rotatable bonds is 3. The number of nitrogens with zero attached hydrogens (tertiary/aromatic N) is 2. The molecule has 0 amide bonds. The van der Waals surface area contributed by atoms with Crippen molar-refractivity contribution in [2.24, 2.45) is 10.7 Å². The van der Waals surface area contributed by atoms with E-state index in [0.29, 0.717) is 18.5 Å². The molecule has 1 aliphatic rings. The van der Waals surface area contributed by atoms with Gasteiger partial charge in [0.1, 0.15) is 5.01 Å². The monoisotopic (exact) mass is 408 g/mol. The molecule has 0 atom stereocenters. The molecule has 1 saturated carbocycles. The summed E-state index contributed by atoms with van der Waals surface area (Å²) >= 11 is 1.66. The zero-order valence-electron chi connectivity index (χ0n) is 12.5. The Morgan fingerprint density at radius 3 is 2.65 bits per heavy atom. The van der Waals surface area contributed by atoms with Crippen LogP contribution >= 0.6 is 35.3 Å². The van der Waals surface area contributed by atoms with E-state index in [1.807, 2.05) is 0 Å². The Bertz CT molecular complexity index is 444. The predicted molar refractivity (Wildman–Crippen MR) is 96.9 cm³/mol. The second kappa shape index (κ2) is 7.59. The van der Waals surface area contributed by atoms with Gasteiger partial charge in [0.2, 0.25) is 0 Å². The van der Waals surface area contributed by atoms with E-state index in [4.69, 9.17) is 5.73 Å². The van der Waals surface area contributed by atoms with Gasteiger partial charge in [-0.1, -0.05) is 33.6 Å². The summed E-state index contributed by atoms with van der Waals surface area (Å²) in [5, 5.41) is 6.44. The Morgan fingerprint density at radius 1 is 1.45 bits per heavy atom. The van der Waals surface area contributed by atoms with Gasteiger partial charge >= 0.3 is 0 Å². The average molecular weight is 408 g/mol. The Balaban J connectivity index is 0.00000200. The van der Waals surface area contributed by atoms with Crippen molar-refractivity contribution in [1.82, 2.24) is 10.3 Å². The van der Waals surface area contributed by atoms with Crippen LogP contribution in [-0.4, -0.2) is 17.0 Å². The lowest BCUT2D eigenvalue weighted by atomic mass is 9.93. The van der Waals surface area contributed by atoms with Gasteiger partial charge in [-0.3, -0.25) is 0 Å². The molecule has 0 radical (unpaired) electrons. The zero-order chi connectivity index (χ0) is 13.9. The molecular formula is C14H25IN4S. The molecule has 0 aromatic carbocycles. The minimum absolute atomic E-state index is 0. The fourth-order valence-electron chi connectivity index (χ4n) is 2.21. The molecule has 0 aliphatic heterocycles. The van der Waals surface area contributed by atoms with Gasteiger partial charge in [-0.15, -0.1) is 35.3 Å². The number of nitrogens with one attached hydrogen (secondary N) is 1. The number of halogens is 1. The second-order valence-electron chi connectivity index (χ2n) is 6.20. The Hall–Kier alpha value is -0.370. The maximum absolute atomic E-state index is 5.91. The highest BCUT2D eigenvalue weighted by atomic mass is 127. The third-order valence-electron chi connectivity index (χ3n) is 3.41. The Morgan fingerprint density at radius 2 is 2.10 bits per heavy atom. The van der Waals surface area contributed by atoms with Gasteiger partial charge in [0, 0.05) is 16.8 Å². The highest BCUT2D eigenvalue weighted by Crippen LogP contribution is 2.24. The minimum Gasteiger partial charge on any atom is -0.370 e. The van der Waals surface area contributed by atoms with E-state index in [0.717, 1.165) is 10.7 Å². The van der Waals surface area contributed by atoms with E-state index in [1.165, 1.54) is 25.7 Å². The van der Waals surface area contributed by atoms with Crippen LogP contribution in [0, 0.1) is 0 Å². The predicted octanol–water partition coefficient (Wildman–Crippen LogP) is 3.41. The smallest absolute Gasteiger partial charge is 0.189 e. The van der Waals surface area contributed by atoms with Crippen LogP contribution in [0.15, 0.2) is 10.4 Å². The summed E-state index contributed by atoms with van der Waals surface area (Å²) in [5.41, 5.74) is 7.14. The van der Waals surface area contributed by atoms with Crippen molar-refractivity contribution < 1.29 is 0 Å². The molecule has 2 rings (SSSR count). The average Bonchev–Trinajstić information content (AvgIpc) is 2.95. The molecule has 1 aliphatic carbocycles. The van der Waals surface area contributed by atoms with Gasteiger partial charge in [0.05, 0.1) is 12.2 Å². The van der Waals surface area contributed by atoms with Gasteiger partial charge in [-0.2, -0.15) is 0 Å². The molecule has 20 heavy (non-hydrogen) atoms. The molecule has 114 valence electrons. The first-order valence-electron chi connectivity index (χ1n) is 6.96. The molecule has 3 N–H and O–H groups in total. The van der Waals surface area contributed by atoms with E-state index in [1.54, 1.807) is 11.3 Å². The number of hydrogen-bond acceptors (Lipinski definition) is 3. The number of aliphatic imine (C=N–C) groups is 1. The second-order valence-corrected chi connectivity index (χ2v) is 7.15. The fourth-order valence-corrected chi connectivity index (χ4v) is 3.15. The standard InChI is InChI=1S/C14H24N4S.HI/c1-14(2,3)11-9-19-12(18-11)8-16-13(15)17-10-6-4-5-7-10;/h9-10H,4-8H2,1-3H3,(H3,15,16,17);1H. The van der Waals surface area contributed by atoms with Crippen LogP contribution < -0.4 is 11.1 Å². The van der Waals surface area contributed by atoms with Crippen molar-refractivity contribution in [3.63, 3.8) is 0 Å². The first kappa shape index (κ1) is 17.7. The highest BCUT2D eigenvalue weighted by molar-refractivity contribution is 14.0. The van der Waals surface area contributed by atoms with Crippen molar-refractivity contribution in [3.05, 3.63) is 16.1 Å². The molecule has 0 unspecified atom stereocenters. The Kier molecular flexibility index (Phi) is 6.71. The molecule has 0 spiro atoms. The normalized spacial score (nSPS) is 17.1. The Labute approximate surface area is 142 Å². The lowest BCUT2D eigenvalue weighted by Crippen LogP contribution is -2.38. The topological polar surface area (TPSA) is 63.3 Å². The number of aromatic nitrogens is 1. The maximum Gasteiger partial charge on any atom is 0.189 e.